The Bertz CT molecular complexity index is 1230. The molecule has 0 unspecified atom stereocenters. The molecule has 2 aromatic heterocycles. The molecule has 5 rings (SSSR count). The van der Waals surface area contributed by atoms with Crippen molar-refractivity contribution in [2.24, 2.45) is 0 Å². The van der Waals surface area contributed by atoms with Gasteiger partial charge in [-0.05, 0) is 48.5 Å². The first-order valence-electron chi connectivity index (χ1n) is 9.94. The summed E-state index contributed by atoms with van der Waals surface area (Å²) in [7, 11) is 0. The van der Waals surface area contributed by atoms with Crippen LogP contribution in [0.2, 0.25) is 5.02 Å². The Balaban J connectivity index is 1.45. The smallest absolute Gasteiger partial charge is 0.227 e. The van der Waals surface area contributed by atoms with E-state index < -0.39 is 5.82 Å². The maximum absolute atomic E-state index is 14.5. The van der Waals surface area contributed by atoms with Crippen LogP contribution in [-0.2, 0) is 4.74 Å². The summed E-state index contributed by atoms with van der Waals surface area (Å²) in [5.74, 6) is -0.000434. The normalized spacial score (nSPS) is 14.1. The predicted octanol–water partition coefficient (Wildman–Crippen LogP) is 5.06. The summed E-state index contributed by atoms with van der Waals surface area (Å²) >= 11 is 6.08. The molecule has 0 spiro atoms. The zero-order valence-electron chi connectivity index (χ0n) is 16.6. The monoisotopic (exact) mass is 435 g/mol. The first kappa shape index (κ1) is 19.7. The van der Waals surface area contributed by atoms with Crippen molar-refractivity contribution in [2.75, 3.05) is 36.5 Å². The molecule has 31 heavy (non-hydrogen) atoms. The molecule has 0 saturated carbocycles. The van der Waals surface area contributed by atoms with Crippen molar-refractivity contribution in [1.29, 1.82) is 0 Å². The third kappa shape index (κ3) is 4.15. The predicted molar refractivity (Wildman–Crippen MR) is 120 cm³/mol. The fraction of sp³-hybridized carbons (Fsp3) is 0.174. The maximum Gasteiger partial charge on any atom is 0.227 e. The van der Waals surface area contributed by atoms with E-state index in [1.54, 1.807) is 24.5 Å². The van der Waals surface area contributed by atoms with Crippen LogP contribution in [0.15, 0.2) is 60.9 Å². The molecule has 1 N–H and O–H groups in total. The number of pyridine rings is 1. The summed E-state index contributed by atoms with van der Waals surface area (Å²) in [6.07, 6.45) is 3.30. The van der Waals surface area contributed by atoms with Crippen LogP contribution in [0.3, 0.4) is 0 Å². The van der Waals surface area contributed by atoms with E-state index in [0.717, 1.165) is 43.1 Å². The third-order valence-electron chi connectivity index (χ3n) is 5.18. The number of anilines is 3. The molecule has 0 amide bonds. The summed E-state index contributed by atoms with van der Waals surface area (Å²) in [6.45, 7) is 3.26. The molecule has 0 radical (unpaired) electrons. The molecular weight excluding hydrogens is 417 g/mol. The van der Waals surface area contributed by atoms with Gasteiger partial charge in [0, 0.05) is 52.8 Å². The zero-order chi connectivity index (χ0) is 21.2. The van der Waals surface area contributed by atoms with Gasteiger partial charge in [0.1, 0.15) is 11.3 Å². The number of halogens is 2. The second kappa shape index (κ2) is 8.45. The van der Waals surface area contributed by atoms with Crippen molar-refractivity contribution in [2.45, 2.75) is 0 Å². The second-order valence-electron chi connectivity index (χ2n) is 7.19. The Morgan fingerprint density at radius 2 is 1.81 bits per heavy atom. The molecule has 1 aliphatic rings. The van der Waals surface area contributed by atoms with Crippen LogP contribution in [0.1, 0.15) is 0 Å². The molecule has 6 nitrogen and oxygen atoms in total. The summed E-state index contributed by atoms with van der Waals surface area (Å²) in [5, 5.41) is 4.41. The molecule has 1 saturated heterocycles. The van der Waals surface area contributed by atoms with Crippen molar-refractivity contribution in [1.82, 2.24) is 15.0 Å². The molecule has 0 bridgehead atoms. The Hall–Kier alpha value is -3.29. The van der Waals surface area contributed by atoms with E-state index in [9.17, 15) is 4.39 Å². The zero-order valence-corrected chi connectivity index (χ0v) is 17.3. The summed E-state index contributed by atoms with van der Waals surface area (Å²) in [6, 6.07) is 14.3. The highest BCUT2D eigenvalue weighted by molar-refractivity contribution is 6.30. The van der Waals surface area contributed by atoms with E-state index in [1.807, 2.05) is 12.1 Å². The minimum Gasteiger partial charge on any atom is -0.378 e. The lowest BCUT2D eigenvalue weighted by molar-refractivity contribution is 0.122. The number of benzene rings is 2. The van der Waals surface area contributed by atoms with E-state index in [2.05, 4.69) is 37.3 Å². The quantitative estimate of drug-likeness (QED) is 0.483. The molecule has 0 atom stereocenters. The van der Waals surface area contributed by atoms with E-state index in [-0.39, 0.29) is 0 Å². The lowest BCUT2D eigenvalue weighted by Gasteiger charge is -2.28. The van der Waals surface area contributed by atoms with Crippen molar-refractivity contribution in [3.63, 3.8) is 0 Å². The number of rotatable bonds is 4. The molecule has 156 valence electrons. The molecule has 1 aliphatic heterocycles. The number of morpholine rings is 1. The molecule has 3 heterocycles. The van der Waals surface area contributed by atoms with Gasteiger partial charge in [-0.1, -0.05) is 11.6 Å². The van der Waals surface area contributed by atoms with E-state index in [1.165, 1.54) is 12.1 Å². The average molecular weight is 436 g/mol. The minimum absolute atomic E-state index is 0.303. The summed E-state index contributed by atoms with van der Waals surface area (Å²) < 4.78 is 19.9. The Morgan fingerprint density at radius 1 is 1.00 bits per heavy atom. The van der Waals surface area contributed by atoms with Crippen LogP contribution in [0, 0.1) is 5.82 Å². The third-order valence-corrected chi connectivity index (χ3v) is 5.42. The summed E-state index contributed by atoms with van der Waals surface area (Å²) in [4.78, 5) is 15.6. The second-order valence-corrected chi connectivity index (χ2v) is 7.62. The van der Waals surface area contributed by atoms with Crippen LogP contribution in [0.25, 0.3) is 22.2 Å². The summed E-state index contributed by atoms with van der Waals surface area (Å²) in [5.41, 5.74) is 3.28. The van der Waals surface area contributed by atoms with Gasteiger partial charge >= 0.3 is 0 Å². The van der Waals surface area contributed by atoms with Crippen molar-refractivity contribution >= 4 is 39.8 Å². The van der Waals surface area contributed by atoms with Crippen LogP contribution in [-0.4, -0.2) is 41.3 Å². The first-order chi connectivity index (χ1) is 15.2. The number of aromatic nitrogens is 3. The van der Waals surface area contributed by atoms with Gasteiger partial charge in [0.2, 0.25) is 5.95 Å². The molecule has 0 aliphatic carbocycles. The van der Waals surface area contributed by atoms with E-state index in [4.69, 9.17) is 16.3 Å². The number of hydrogen-bond acceptors (Lipinski definition) is 6. The van der Waals surface area contributed by atoms with Gasteiger partial charge in [0.15, 0.2) is 0 Å². The Morgan fingerprint density at radius 3 is 2.61 bits per heavy atom. The standard InChI is InChI=1S/C23H19ClFN5O/c24-16-1-6-20(25)19(13-16)22-21-15(7-8-26-22)14-27-23(29-21)28-17-2-4-18(5-3-17)30-9-11-31-12-10-30/h1-8,13-14H,9-12H2,(H,27,28,29). The number of ether oxygens (including phenoxy) is 1. The van der Waals surface area contributed by atoms with E-state index in [0.29, 0.717) is 27.7 Å². The SMILES string of the molecule is Fc1ccc(Cl)cc1-c1nccc2cnc(Nc3ccc(N4CCOCC4)cc3)nc12. The number of nitrogens with zero attached hydrogens (tertiary/aromatic N) is 4. The Kier molecular flexibility index (Phi) is 5.36. The van der Waals surface area contributed by atoms with Gasteiger partial charge in [0.25, 0.3) is 0 Å². The lowest BCUT2D eigenvalue weighted by atomic mass is 10.1. The highest BCUT2D eigenvalue weighted by Gasteiger charge is 2.14. The fourth-order valence-corrected chi connectivity index (χ4v) is 3.77. The fourth-order valence-electron chi connectivity index (χ4n) is 3.60. The van der Waals surface area contributed by atoms with Crippen molar-refractivity contribution < 1.29 is 9.13 Å². The van der Waals surface area contributed by atoms with Crippen LogP contribution in [0.5, 0.6) is 0 Å². The maximum atomic E-state index is 14.5. The molecule has 2 aromatic carbocycles. The minimum atomic E-state index is -0.406. The molecule has 4 aromatic rings. The largest absolute Gasteiger partial charge is 0.378 e. The molecule has 8 heteroatoms. The first-order valence-corrected chi connectivity index (χ1v) is 10.3. The molecular formula is C23H19ClFN5O. The lowest BCUT2D eigenvalue weighted by Crippen LogP contribution is -2.36. The van der Waals surface area contributed by atoms with Gasteiger partial charge in [-0.25, -0.2) is 14.4 Å². The average Bonchev–Trinajstić information content (AvgIpc) is 2.81. The van der Waals surface area contributed by atoms with Crippen molar-refractivity contribution in [3.05, 3.63) is 71.8 Å². The molecule has 1 fully saturated rings. The van der Waals surface area contributed by atoms with Crippen molar-refractivity contribution in [3.8, 4) is 11.3 Å². The Labute approximate surface area is 183 Å². The number of hydrogen-bond donors (Lipinski definition) is 1. The van der Waals surface area contributed by atoms with Gasteiger partial charge in [-0.15, -0.1) is 0 Å². The topological polar surface area (TPSA) is 63.2 Å². The van der Waals surface area contributed by atoms with Gasteiger partial charge in [-0.3, -0.25) is 4.98 Å². The highest BCUT2D eigenvalue weighted by Crippen LogP contribution is 2.30. The van der Waals surface area contributed by atoms with E-state index >= 15 is 0 Å². The van der Waals surface area contributed by atoms with Crippen LogP contribution < -0.4 is 10.2 Å². The van der Waals surface area contributed by atoms with Crippen LogP contribution >= 0.6 is 11.6 Å². The number of fused-ring (bicyclic) bond motifs is 1. The number of nitrogens with one attached hydrogen (secondary N) is 1. The van der Waals surface area contributed by atoms with Gasteiger partial charge < -0.3 is 15.0 Å². The highest BCUT2D eigenvalue weighted by atomic mass is 35.5. The van der Waals surface area contributed by atoms with Gasteiger partial charge in [0.05, 0.1) is 18.9 Å². The van der Waals surface area contributed by atoms with Gasteiger partial charge in [-0.2, -0.15) is 0 Å². The van der Waals surface area contributed by atoms with Crippen LogP contribution in [0.4, 0.5) is 21.7 Å².